The van der Waals surface area contributed by atoms with Crippen LogP contribution in [-0.2, 0) is 19.7 Å². The summed E-state index contributed by atoms with van der Waals surface area (Å²) in [5.74, 6) is -0.118. The van der Waals surface area contributed by atoms with E-state index >= 15 is 0 Å². The third kappa shape index (κ3) is 34.3. The van der Waals surface area contributed by atoms with E-state index in [-0.39, 0.29) is 11.6 Å². The Kier molecular flexibility index (Phi) is 32.7. The lowest BCUT2D eigenvalue weighted by Gasteiger charge is -2.30. The van der Waals surface area contributed by atoms with Crippen LogP contribution in [0.5, 0.6) is 0 Å². The van der Waals surface area contributed by atoms with Gasteiger partial charge in [-0.1, -0.05) is 168 Å². The molecule has 1 unspecified atom stereocenters. The first-order valence-corrected chi connectivity index (χ1v) is 20.7. The molecule has 0 radical (unpaired) electrons. The average Bonchev–Trinajstić information content (AvgIpc) is 2.96. The molecule has 0 aromatic rings. The number of unbranched alkanes of at least 4 members (excludes halogenated alkanes) is 24. The molecule has 45 heavy (non-hydrogen) atoms. The van der Waals surface area contributed by atoms with Gasteiger partial charge >= 0.3 is 0 Å². The average molecular weight is 662 g/mol. The van der Waals surface area contributed by atoms with Crippen molar-refractivity contribution in [3.63, 3.8) is 0 Å². The maximum atomic E-state index is 13.1. The van der Waals surface area contributed by atoms with E-state index < -0.39 is 21.9 Å². The summed E-state index contributed by atoms with van der Waals surface area (Å²) < 4.78 is 25.9. The predicted molar refractivity (Wildman–Crippen MR) is 191 cm³/mol. The van der Waals surface area contributed by atoms with Crippen LogP contribution in [0.1, 0.15) is 207 Å². The zero-order valence-corrected chi connectivity index (χ0v) is 31.1. The molecule has 0 aromatic heterocycles. The lowest BCUT2D eigenvalue weighted by atomic mass is 9.85. The summed E-state index contributed by atoms with van der Waals surface area (Å²) in [6.45, 7) is 7.81. The van der Waals surface area contributed by atoms with Gasteiger partial charge in [-0.05, 0) is 26.7 Å². The van der Waals surface area contributed by atoms with Gasteiger partial charge in [0.25, 0.3) is 10.1 Å². The second-order valence-electron chi connectivity index (χ2n) is 13.5. The second-order valence-corrected chi connectivity index (χ2v) is 15.0. The summed E-state index contributed by atoms with van der Waals surface area (Å²) in [4.78, 5) is 26.2. The molecule has 3 N–H and O–H groups in total. The van der Waals surface area contributed by atoms with Gasteiger partial charge in [-0.3, -0.25) is 19.5 Å². The SMILES string of the molecule is CCCCCCCCCCCCCCCC(=O)C(C)(NC(C)O)C(=O)CCCCCCCCCCCCCCC.CS(=O)(=O)O. The highest BCUT2D eigenvalue weighted by atomic mass is 32.2. The van der Waals surface area contributed by atoms with E-state index in [1.165, 1.54) is 128 Å². The van der Waals surface area contributed by atoms with Crippen LogP contribution in [0.25, 0.3) is 0 Å². The Labute approximate surface area is 279 Å². The summed E-state index contributed by atoms with van der Waals surface area (Å²) in [6.07, 6.45) is 33.7. The largest absolute Gasteiger partial charge is 0.379 e. The number of carbonyl (C=O) groups is 2. The van der Waals surface area contributed by atoms with Gasteiger partial charge in [0.05, 0.1) is 6.26 Å². The molecule has 1 atom stereocenters. The number of aliphatic hydroxyl groups excluding tert-OH is 1. The zero-order chi connectivity index (χ0) is 34.2. The van der Waals surface area contributed by atoms with Crippen molar-refractivity contribution >= 4 is 21.7 Å². The smallest absolute Gasteiger partial charge is 0.261 e. The summed E-state index contributed by atoms with van der Waals surface area (Å²) in [6, 6.07) is 0. The number of hydrogen-bond donors (Lipinski definition) is 3. The van der Waals surface area contributed by atoms with Crippen molar-refractivity contribution in [2.45, 2.75) is 219 Å². The Balaban J connectivity index is 0. The van der Waals surface area contributed by atoms with Gasteiger partial charge in [0.1, 0.15) is 11.8 Å². The molecule has 270 valence electrons. The molecule has 0 aliphatic rings. The number of aliphatic hydroxyl groups is 1. The van der Waals surface area contributed by atoms with Crippen molar-refractivity contribution in [3.8, 4) is 0 Å². The first kappa shape index (κ1) is 46.3. The molecule has 7 nitrogen and oxygen atoms in total. The van der Waals surface area contributed by atoms with Gasteiger partial charge < -0.3 is 5.11 Å². The minimum atomic E-state index is -3.67. The molecule has 0 amide bonds. The Bertz CT molecular complexity index is 734. The van der Waals surface area contributed by atoms with E-state index in [9.17, 15) is 23.1 Å². The lowest BCUT2D eigenvalue weighted by molar-refractivity contribution is -0.137. The molecule has 8 heteroatoms. The highest BCUT2D eigenvalue weighted by Gasteiger charge is 2.39. The van der Waals surface area contributed by atoms with Crippen molar-refractivity contribution in [2.75, 3.05) is 6.26 Å². The van der Waals surface area contributed by atoms with Crippen LogP contribution in [0.2, 0.25) is 0 Å². The van der Waals surface area contributed by atoms with Crippen LogP contribution in [0.4, 0.5) is 0 Å². The van der Waals surface area contributed by atoms with Crippen LogP contribution in [0.15, 0.2) is 0 Å². The Morgan fingerprint density at radius 3 is 0.956 bits per heavy atom. The maximum absolute atomic E-state index is 13.1. The van der Waals surface area contributed by atoms with Crippen molar-refractivity contribution in [1.82, 2.24) is 5.32 Å². The van der Waals surface area contributed by atoms with Gasteiger partial charge in [-0.25, -0.2) is 0 Å². The lowest BCUT2D eigenvalue weighted by Crippen LogP contribution is -2.58. The first-order valence-electron chi connectivity index (χ1n) is 18.8. The second kappa shape index (κ2) is 31.8. The fourth-order valence-corrected chi connectivity index (χ4v) is 5.84. The minimum absolute atomic E-state index is 0.0591. The van der Waals surface area contributed by atoms with Gasteiger partial charge in [-0.2, -0.15) is 8.42 Å². The third-order valence-electron chi connectivity index (χ3n) is 8.63. The van der Waals surface area contributed by atoms with Crippen LogP contribution in [-0.4, -0.2) is 47.7 Å². The summed E-state index contributed by atoms with van der Waals surface area (Å²) in [7, 11) is -3.67. The molecule has 0 saturated heterocycles. The highest BCUT2D eigenvalue weighted by Crippen LogP contribution is 2.20. The summed E-state index contributed by atoms with van der Waals surface area (Å²) in [5.41, 5.74) is -1.26. The number of rotatable bonds is 32. The molecule has 0 aromatic carbocycles. The van der Waals surface area contributed by atoms with E-state index in [0.717, 1.165) is 38.5 Å². The number of carbonyl (C=O) groups excluding carboxylic acids is 2. The van der Waals surface area contributed by atoms with E-state index in [2.05, 4.69) is 19.2 Å². The first-order chi connectivity index (χ1) is 21.4. The topological polar surface area (TPSA) is 121 Å². The zero-order valence-electron chi connectivity index (χ0n) is 30.3. The Hall–Kier alpha value is -0.830. The summed E-state index contributed by atoms with van der Waals surface area (Å²) in [5, 5.41) is 12.8. The van der Waals surface area contributed by atoms with Gasteiger partial charge in [0.2, 0.25) is 0 Å². The van der Waals surface area contributed by atoms with Crippen molar-refractivity contribution in [1.29, 1.82) is 0 Å². The van der Waals surface area contributed by atoms with Crippen molar-refractivity contribution in [2.24, 2.45) is 0 Å². The molecule has 0 fully saturated rings. The molecule has 0 aliphatic heterocycles. The van der Waals surface area contributed by atoms with E-state index in [0.29, 0.717) is 19.1 Å². The van der Waals surface area contributed by atoms with Crippen molar-refractivity contribution in [3.05, 3.63) is 0 Å². The molecule has 0 bridgehead atoms. The van der Waals surface area contributed by atoms with E-state index in [4.69, 9.17) is 4.55 Å². The fraction of sp³-hybridized carbons (Fsp3) is 0.946. The normalized spacial score (nSPS) is 12.5. The molecule has 0 aliphatic carbocycles. The monoisotopic (exact) mass is 662 g/mol. The molecule has 0 rings (SSSR count). The molecule has 0 heterocycles. The van der Waals surface area contributed by atoms with E-state index in [1.54, 1.807) is 13.8 Å². The number of ketones is 2. The minimum Gasteiger partial charge on any atom is -0.379 e. The molecule has 0 saturated carbocycles. The van der Waals surface area contributed by atoms with Gasteiger partial charge in [0, 0.05) is 12.8 Å². The molecule has 0 spiro atoms. The third-order valence-corrected chi connectivity index (χ3v) is 8.63. The molecular weight excluding hydrogens is 586 g/mol. The fourth-order valence-electron chi connectivity index (χ4n) is 5.84. The Morgan fingerprint density at radius 2 is 0.756 bits per heavy atom. The quantitative estimate of drug-likeness (QED) is 0.0284. The van der Waals surface area contributed by atoms with Crippen molar-refractivity contribution < 1.29 is 27.7 Å². The number of Topliss-reactive ketones (excluding diaryl/α,β-unsaturated/α-hetero) is 2. The van der Waals surface area contributed by atoms with Crippen LogP contribution < -0.4 is 5.32 Å². The number of nitrogens with one attached hydrogen (secondary N) is 1. The standard InChI is InChI=1S/C36H71NO3.CH4O3S/c1-5-7-9-11-13-15-17-19-21-23-25-27-29-31-34(39)36(4,37-33(3)38)35(40)32-30-28-26-24-22-20-18-16-14-12-10-8-6-2;1-5(2,3)4/h33,37-38H,5-32H2,1-4H3;1H3,(H,2,3,4). The maximum Gasteiger partial charge on any atom is 0.261 e. The summed E-state index contributed by atoms with van der Waals surface area (Å²) >= 11 is 0. The van der Waals surface area contributed by atoms with Crippen LogP contribution in [0.3, 0.4) is 0 Å². The molecular formula is C37H75NO6S. The highest BCUT2D eigenvalue weighted by molar-refractivity contribution is 7.85. The van der Waals surface area contributed by atoms with Crippen LogP contribution in [0, 0.1) is 0 Å². The Morgan fingerprint density at radius 1 is 0.556 bits per heavy atom. The van der Waals surface area contributed by atoms with Gasteiger partial charge in [0.15, 0.2) is 11.6 Å². The number of hydrogen-bond acceptors (Lipinski definition) is 6. The van der Waals surface area contributed by atoms with Crippen LogP contribution >= 0.6 is 0 Å². The predicted octanol–water partition coefficient (Wildman–Crippen LogP) is 10.3. The van der Waals surface area contributed by atoms with Gasteiger partial charge in [-0.15, -0.1) is 0 Å². The van der Waals surface area contributed by atoms with E-state index in [1.807, 2.05) is 0 Å².